The van der Waals surface area contributed by atoms with Crippen LogP contribution in [0.3, 0.4) is 0 Å². The van der Waals surface area contributed by atoms with Crippen LogP contribution in [0.25, 0.3) is 0 Å². The second-order valence-electron chi connectivity index (χ2n) is 5.82. The van der Waals surface area contributed by atoms with E-state index in [4.69, 9.17) is 0 Å². The summed E-state index contributed by atoms with van der Waals surface area (Å²) in [7, 11) is 1.62. The number of carbonyl (C=O) groups excluding carboxylic acids is 1. The van der Waals surface area contributed by atoms with Gasteiger partial charge in [0.2, 0.25) is 0 Å². The van der Waals surface area contributed by atoms with Crippen molar-refractivity contribution in [2.24, 2.45) is 5.92 Å². The lowest BCUT2D eigenvalue weighted by atomic mass is 10.1. The van der Waals surface area contributed by atoms with Crippen LogP contribution in [0.5, 0.6) is 0 Å². The second-order valence-corrected chi connectivity index (χ2v) is 5.82. The molecule has 0 saturated carbocycles. The van der Waals surface area contributed by atoms with Gasteiger partial charge in [-0.1, -0.05) is 26.0 Å². The number of hydrogen-bond donors (Lipinski definition) is 1. The molecule has 0 aliphatic rings. The molecule has 6 heteroatoms. The monoisotopic (exact) mass is 316 g/mol. The fraction of sp³-hybridized carbons (Fsp3) is 0.562. The van der Waals surface area contributed by atoms with E-state index in [2.05, 4.69) is 19.2 Å². The van der Waals surface area contributed by atoms with Crippen molar-refractivity contribution in [2.75, 3.05) is 13.6 Å². The molecule has 0 aliphatic carbocycles. The summed E-state index contributed by atoms with van der Waals surface area (Å²) in [6.45, 7) is 5.12. The number of halogens is 3. The van der Waals surface area contributed by atoms with E-state index in [1.807, 2.05) is 0 Å². The molecule has 1 aromatic carbocycles. The summed E-state index contributed by atoms with van der Waals surface area (Å²) in [6, 6.07) is 4.63. The zero-order valence-corrected chi connectivity index (χ0v) is 13.2. The number of nitrogens with zero attached hydrogens (tertiary/aromatic N) is 1. The predicted octanol–water partition coefficient (Wildman–Crippen LogP) is 4.28. The number of rotatable bonds is 6. The van der Waals surface area contributed by atoms with E-state index in [1.165, 1.54) is 17.0 Å². The van der Waals surface area contributed by atoms with E-state index in [-0.39, 0.29) is 12.6 Å². The number of amides is 2. The lowest BCUT2D eigenvalue weighted by molar-refractivity contribution is -0.137. The SMILES string of the molecule is CC(C)CCCNC(=O)N(C)Cc1ccc(C(F)(F)F)cc1. The summed E-state index contributed by atoms with van der Waals surface area (Å²) < 4.78 is 37.4. The van der Waals surface area contributed by atoms with Gasteiger partial charge in [-0.25, -0.2) is 4.79 Å². The minimum Gasteiger partial charge on any atom is -0.338 e. The largest absolute Gasteiger partial charge is 0.416 e. The molecular weight excluding hydrogens is 293 g/mol. The standard InChI is InChI=1S/C16H23F3N2O/c1-12(2)5-4-10-20-15(22)21(3)11-13-6-8-14(9-7-13)16(17,18)19/h6-9,12H,4-5,10-11H2,1-3H3,(H,20,22). The van der Waals surface area contributed by atoms with Gasteiger partial charge in [0.25, 0.3) is 0 Å². The van der Waals surface area contributed by atoms with Gasteiger partial charge < -0.3 is 10.2 Å². The van der Waals surface area contributed by atoms with Gasteiger partial charge in [-0.05, 0) is 36.5 Å². The maximum atomic E-state index is 12.5. The number of nitrogens with one attached hydrogen (secondary N) is 1. The summed E-state index contributed by atoms with van der Waals surface area (Å²) in [5.41, 5.74) is -0.0233. The molecule has 0 atom stereocenters. The molecule has 1 aromatic rings. The maximum absolute atomic E-state index is 12.5. The Labute approximate surface area is 129 Å². The van der Waals surface area contributed by atoms with E-state index >= 15 is 0 Å². The molecule has 0 radical (unpaired) electrons. The molecule has 0 aliphatic heterocycles. The van der Waals surface area contributed by atoms with E-state index < -0.39 is 11.7 Å². The summed E-state index contributed by atoms with van der Waals surface area (Å²) in [5.74, 6) is 0.599. The Morgan fingerprint density at radius 1 is 1.23 bits per heavy atom. The van der Waals surface area contributed by atoms with E-state index in [1.54, 1.807) is 7.05 Å². The highest BCUT2D eigenvalue weighted by Crippen LogP contribution is 2.29. The normalized spacial score (nSPS) is 11.6. The van der Waals surface area contributed by atoms with E-state index in [0.717, 1.165) is 25.0 Å². The molecule has 0 saturated heterocycles. The van der Waals surface area contributed by atoms with Crippen molar-refractivity contribution < 1.29 is 18.0 Å². The minimum absolute atomic E-state index is 0.219. The van der Waals surface area contributed by atoms with Gasteiger partial charge in [-0.3, -0.25) is 0 Å². The first-order valence-corrected chi connectivity index (χ1v) is 7.35. The van der Waals surface area contributed by atoms with Gasteiger partial charge in [0.05, 0.1) is 5.56 Å². The van der Waals surface area contributed by atoms with E-state index in [9.17, 15) is 18.0 Å². The van der Waals surface area contributed by atoms with Crippen LogP contribution in [0.4, 0.5) is 18.0 Å². The van der Waals surface area contributed by atoms with Crippen molar-refractivity contribution in [1.82, 2.24) is 10.2 Å². The number of alkyl halides is 3. The topological polar surface area (TPSA) is 32.3 Å². The molecule has 0 fully saturated rings. The molecular formula is C16H23F3N2O. The molecule has 3 nitrogen and oxygen atoms in total. The van der Waals surface area contributed by atoms with Crippen molar-refractivity contribution in [3.8, 4) is 0 Å². The quantitative estimate of drug-likeness (QED) is 0.781. The van der Waals surface area contributed by atoms with Crippen molar-refractivity contribution in [3.63, 3.8) is 0 Å². The molecule has 1 rings (SSSR count). The highest BCUT2D eigenvalue weighted by molar-refractivity contribution is 5.73. The Morgan fingerprint density at radius 3 is 2.32 bits per heavy atom. The first kappa shape index (κ1) is 18.3. The highest BCUT2D eigenvalue weighted by Gasteiger charge is 2.29. The fourth-order valence-electron chi connectivity index (χ4n) is 1.99. The number of urea groups is 1. The molecule has 0 bridgehead atoms. The van der Waals surface area contributed by atoms with Crippen molar-refractivity contribution >= 4 is 6.03 Å². The number of hydrogen-bond acceptors (Lipinski definition) is 1. The maximum Gasteiger partial charge on any atom is 0.416 e. The Balaban J connectivity index is 2.43. The third-order valence-corrected chi connectivity index (χ3v) is 3.28. The second kappa shape index (κ2) is 8.06. The zero-order valence-electron chi connectivity index (χ0n) is 13.2. The van der Waals surface area contributed by atoms with E-state index in [0.29, 0.717) is 18.0 Å². The van der Waals surface area contributed by atoms with Crippen LogP contribution in [0.15, 0.2) is 24.3 Å². The third kappa shape index (κ3) is 6.37. The number of carbonyl (C=O) groups is 1. The third-order valence-electron chi connectivity index (χ3n) is 3.28. The first-order chi connectivity index (χ1) is 10.2. The van der Waals surface area contributed by atoms with Gasteiger partial charge in [-0.15, -0.1) is 0 Å². The first-order valence-electron chi connectivity index (χ1n) is 7.35. The van der Waals surface area contributed by atoms with Crippen LogP contribution in [-0.4, -0.2) is 24.5 Å². The van der Waals surface area contributed by atoms with Crippen LogP contribution in [0, 0.1) is 5.92 Å². The highest BCUT2D eigenvalue weighted by atomic mass is 19.4. The van der Waals surface area contributed by atoms with Crippen molar-refractivity contribution in [3.05, 3.63) is 35.4 Å². The van der Waals surface area contributed by atoms with Gasteiger partial charge >= 0.3 is 12.2 Å². The van der Waals surface area contributed by atoms with Crippen LogP contribution in [0.2, 0.25) is 0 Å². The predicted molar refractivity (Wildman–Crippen MR) is 80.4 cm³/mol. The Kier molecular flexibility index (Phi) is 6.71. The lowest BCUT2D eigenvalue weighted by Gasteiger charge is -2.18. The van der Waals surface area contributed by atoms with Crippen LogP contribution >= 0.6 is 0 Å². The van der Waals surface area contributed by atoms with Crippen LogP contribution < -0.4 is 5.32 Å². The van der Waals surface area contributed by atoms with Crippen molar-refractivity contribution in [1.29, 1.82) is 0 Å². The average Bonchev–Trinajstić information content (AvgIpc) is 2.42. The van der Waals surface area contributed by atoms with Gasteiger partial charge in [-0.2, -0.15) is 13.2 Å². The van der Waals surface area contributed by atoms with Crippen molar-refractivity contribution in [2.45, 2.75) is 39.4 Å². The lowest BCUT2D eigenvalue weighted by Crippen LogP contribution is -2.37. The molecule has 22 heavy (non-hydrogen) atoms. The minimum atomic E-state index is -4.34. The Bertz CT molecular complexity index is 469. The number of benzene rings is 1. The Hall–Kier alpha value is -1.72. The van der Waals surface area contributed by atoms with Crippen LogP contribution in [-0.2, 0) is 12.7 Å². The molecule has 0 unspecified atom stereocenters. The summed E-state index contributed by atoms with van der Waals surface area (Å²) >= 11 is 0. The molecule has 0 heterocycles. The summed E-state index contributed by atoms with van der Waals surface area (Å²) in [6.07, 6.45) is -2.38. The van der Waals surface area contributed by atoms with Crippen LogP contribution in [0.1, 0.15) is 37.8 Å². The molecule has 0 aromatic heterocycles. The molecule has 0 spiro atoms. The van der Waals surface area contributed by atoms with Gasteiger partial charge in [0.1, 0.15) is 0 Å². The Morgan fingerprint density at radius 2 is 1.82 bits per heavy atom. The summed E-state index contributed by atoms with van der Waals surface area (Å²) in [4.78, 5) is 13.3. The zero-order chi connectivity index (χ0) is 16.8. The molecule has 2 amide bonds. The van der Waals surface area contributed by atoms with Gasteiger partial charge in [0, 0.05) is 20.1 Å². The smallest absolute Gasteiger partial charge is 0.338 e. The molecule has 1 N–H and O–H groups in total. The average molecular weight is 316 g/mol. The van der Waals surface area contributed by atoms with Gasteiger partial charge in [0.15, 0.2) is 0 Å². The summed E-state index contributed by atoms with van der Waals surface area (Å²) in [5, 5.41) is 2.80. The molecule has 124 valence electrons. The fourth-order valence-corrected chi connectivity index (χ4v) is 1.99.